The van der Waals surface area contributed by atoms with Crippen molar-refractivity contribution in [1.29, 1.82) is 0 Å². The number of aromatic nitrogens is 2. The van der Waals surface area contributed by atoms with Crippen LogP contribution in [0.2, 0.25) is 0 Å². The van der Waals surface area contributed by atoms with Gasteiger partial charge in [0.05, 0.1) is 19.0 Å². The summed E-state index contributed by atoms with van der Waals surface area (Å²) in [5, 5.41) is 0. The van der Waals surface area contributed by atoms with Crippen molar-refractivity contribution in [3.63, 3.8) is 0 Å². The van der Waals surface area contributed by atoms with E-state index in [1.165, 1.54) is 32.1 Å². The lowest BCUT2D eigenvalue weighted by Crippen LogP contribution is -2.39. The average molecular weight is 292 g/mol. The minimum absolute atomic E-state index is 0.570. The summed E-state index contributed by atoms with van der Waals surface area (Å²) in [6.07, 6.45) is 12.0. The molecule has 0 radical (unpaired) electrons. The predicted octanol–water partition coefficient (Wildman–Crippen LogP) is 2.75. The Balaban J connectivity index is 2.10. The number of hydrogen-bond acceptors (Lipinski definition) is 5. The van der Waals surface area contributed by atoms with Gasteiger partial charge >= 0.3 is 0 Å². The fourth-order valence-corrected chi connectivity index (χ4v) is 2.89. The number of nitrogens with zero attached hydrogens (tertiary/aromatic N) is 3. The summed E-state index contributed by atoms with van der Waals surface area (Å²) in [6.45, 7) is 4.44. The largest absolute Gasteiger partial charge is 0.477 e. The molecule has 1 aromatic rings. The normalized spacial score (nSPS) is 15.9. The van der Waals surface area contributed by atoms with Gasteiger partial charge in [0, 0.05) is 12.6 Å². The fraction of sp³-hybridized carbons (Fsp3) is 0.750. The van der Waals surface area contributed by atoms with Crippen LogP contribution < -0.4 is 15.4 Å². The standard InChI is InChI=1S/C16H28N4O/c1-2-11-21-16-13-18-12-15(19-16)20(10-6-9-17)14-7-4-3-5-8-14/h12-14H,2-11,17H2,1H3. The smallest absolute Gasteiger partial charge is 0.234 e. The van der Waals surface area contributed by atoms with Crippen LogP contribution in [-0.4, -0.2) is 35.7 Å². The van der Waals surface area contributed by atoms with E-state index in [1.54, 1.807) is 6.20 Å². The molecule has 21 heavy (non-hydrogen) atoms. The van der Waals surface area contributed by atoms with Crippen LogP contribution in [0.15, 0.2) is 12.4 Å². The lowest BCUT2D eigenvalue weighted by molar-refractivity contribution is 0.303. The van der Waals surface area contributed by atoms with E-state index in [-0.39, 0.29) is 0 Å². The van der Waals surface area contributed by atoms with Crippen LogP contribution in [-0.2, 0) is 0 Å². The highest BCUT2D eigenvalue weighted by Crippen LogP contribution is 2.27. The Morgan fingerprint density at radius 3 is 2.81 bits per heavy atom. The van der Waals surface area contributed by atoms with Crippen molar-refractivity contribution < 1.29 is 4.74 Å². The van der Waals surface area contributed by atoms with Crippen LogP contribution >= 0.6 is 0 Å². The molecule has 0 bridgehead atoms. The van der Waals surface area contributed by atoms with E-state index in [2.05, 4.69) is 21.8 Å². The third-order valence-corrected chi connectivity index (χ3v) is 3.97. The van der Waals surface area contributed by atoms with Crippen LogP contribution in [0, 0.1) is 0 Å². The molecule has 1 saturated carbocycles. The first-order valence-corrected chi connectivity index (χ1v) is 8.26. The van der Waals surface area contributed by atoms with Gasteiger partial charge in [-0.2, -0.15) is 4.98 Å². The number of rotatable bonds is 8. The topological polar surface area (TPSA) is 64.3 Å². The van der Waals surface area contributed by atoms with Crippen molar-refractivity contribution in [1.82, 2.24) is 9.97 Å². The third-order valence-electron chi connectivity index (χ3n) is 3.97. The zero-order valence-corrected chi connectivity index (χ0v) is 13.1. The van der Waals surface area contributed by atoms with Crippen molar-refractivity contribution in [2.45, 2.75) is 57.9 Å². The fourth-order valence-electron chi connectivity index (χ4n) is 2.89. The average Bonchev–Trinajstić information content (AvgIpc) is 2.55. The van der Waals surface area contributed by atoms with E-state index in [0.717, 1.165) is 25.2 Å². The van der Waals surface area contributed by atoms with Gasteiger partial charge < -0.3 is 15.4 Å². The van der Waals surface area contributed by atoms with Crippen molar-refractivity contribution >= 4 is 5.82 Å². The Labute approximate surface area is 127 Å². The molecule has 1 fully saturated rings. The van der Waals surface area contributed by atoms with E-state index >= 15 is 0 Å². The van der Waals surface area contributed by atoms with Crippen molar-refractivity contribution in [2.75, 3.05) is 24.6 Å². The Hall–Kier alpha value is -1.36. The second kappa shape index (κ2) is 8.82. The molecule has 1 aliphatic rings. The minimum atomic E-state index is 0.570. The van der Waals surface area contributed by atoms with Gasteiger partial charge in [-0.3, -0.25) is 4.98 Å². The highest BCUT2D eigenvalue weighted by Gasteiger charge is 2.22. The van der Waals surface area contributed by atoms with Gasteiger partial charge in [0.1, 0.15) is 0 Å². The van der Waals surface area contributed by atoms with Crippen LogP contribution in [0.4, 0.5) is 5.82 Å². The van der Waals surface area contributed by atoms with Crippen LogP contribution in [0.25, 0.3) is 0 Å². The molecule has 0 atom stereocenters. The number of nitrogens with two attached hydrogens (primary N) is 1. The summed E-state index contributed by atoms with van der Waals surface area (Å²) in [4.78, 5) is 11.3. The van der Waals surface area contributed by atoms with Crippen LogP contribution in [0.5, 0.6) is 5.88 Å². The third kappa shape index (κ3) is 4.84. The van der Waals surface area contributed by atoms with Gasteiger partial charge in [-0.1, -0.05) is 26.2 Å². The molecule has 118 valence electrons. The molecule has 0 spiro atoms. The van der Waals surface area contributed by atoms with Gasteiger partial charge in [0.15, 0.2) is 5.82 Å². The SMILES string of the molecule is CCCOc1cncc(N(CCCN)C2CCCCC2)n1. The summed E-state index contributed by atoms with van der Waals surface area (Å²) in [5.41, 5.74) is 5.69. The molecular formula is C16H28N4O. The first kappa shape index (κ1) is 16.0. The first-order valence-electron chi connectivity index (χ1n) is 8.26. The van der Waals surface area contributed by atoms with E-state index in [4.69, 9.17) is 10.5 Å². The van der Waals surface area contributed by atoms with E-state index < -0.39 is 0 Å². The van der Waals surface area contributed by atoms with Gasteiger partial charge in [-0.25, -0.2) is 0 Å². The molecule has 0 saturated heterocycles. The van der Waals surface area contributed by atoms with Gasteiger partial charge in [0.2, 0.25) is 5.88 Å². The molecule has 1 heterocycles. The molecule has 0 aliphatic heterocycles. The van der Waals surface area contributed by atoms with Gasteiger partial charge in [0.25, 0.3) is 0 Å². The maximum absolute atomic E-state index is 5.69. The Morgan fingerprint density at radius 2 is 2.10 bits per heavy atom. The van der Waals surface area contributed by atoms with Crippen molar-refractivity contribution in [3.05, 3.63) is 12.4 Å². The Morgan fingerprint density at radius 1 is 1.29 bits per heavy atom. The number of anilines is 1. The summed E-state index contributed by atoms with van der Waals surface area (Å²) in [7, 11) is 0. The highest BCUT2D eigenvalue weighted by atomic mass is 16.5. The molecule has 0 unspecified atom stereocenters. The maximum atomic E-state index is 5.69. The van der Waals surface area contributed by atoms with Gasteiger partial charge in [-0.05, 0) is 32.2 Å². The molecule has 5 heteroatoms. The number of ether oxygens (including phenoxy) is 1. The van der Waals surface area contributed by atoms with E-state index in [0.29, 0.717) is 25.1 Å². The Bertz CT molecular complexity index is 407. The molecular weight excluding hydrogens is 264 g/mol. The molecule has 0 aromatic carbocycles. The van der Waals surface area contributed by atoms with Crippen LogP contribution in [0.3, 0.4) is 0 Å². The lowest BCUT2D eigenvalue weighted by Gasteiger charge is -2.35. The summed E-state index contributed by atoms with van der Waals surface area (Å²) in [6, 6.07) is 0.570. The van der Waals surface area contributed by atoms with Crippen molar-refractivity contribution in [3.8, 4) is 5.88 Å². The second-order valence-electron chi connectivity index (χ2n) is 5.69. The molecule has 0 amide bonds. The summed E-state index contributed by atoms with van der Waals surface area (Å²) < 4.78 is 5.61. The maximum Gasteiger partial charge on any atom is 0.234 e. The van der Waals surface area contributed by atoms with E-state index in [1.807, 2.05) is 6.20 Å². The predicted molar refractivity (Wildman–Crippen MR) is 85.7 cm³/mol. The molecule has 5 nitrogen and oxygen atoms in total. The highest BCUT2D eigenvalue weighted by molar-refractivity contribution is 5.39. The molecule has 2 N–H and O–H groups in total. The zero-order chi connectivity index (χ0) is 14.9. The first-order chi connectivity index (χ1) is 10.3. The Kier molecular flexibility index (Phi) is 6.73. The van der Waals surface area contributed by atoms with Crippen LogP contribution in [0.1, 0.15) is 51.9 Å². The summed E-state index contributed by atoms with van der Waals surface area (Å²) in [5.74, 6) is 1.56. The lowest BCUT2D eigenvalue weighted by atomic mass is 9.94. The molecule has 1 aliphatic carbocycles. The zero-order valence-electron chi connectivity index (χ0n) is 13.1. The quantitative estimate of drug-likeness (QED) is 0.798. The van der Waals surface area contributed by atoms with Gasteiger partial charge in [-0.15, -0.1) is 0 Å². The van der Waals surface area contributed by atoms with Crippen molar-refractivity contribution in [2.24, 2.45) is 5.73 Å². The van der Waals surface area contributed by atoms with E-state index in [9.17, 15) is 0 Å². The molecule has 1 aromatic heterocycles. The number of hydrogen-bond donors (Lipinski definition) is 1. The minimum Gasteiger partial charge on any atom is -0.477 e. The monoisotopic (exact) mass is 292 g/mol. The summed E-state index contributed by atoms with van der Waals surface area (Å²) >= 11 is 0. The molecule has 2 rings (SSSR count). The second-order valence-corrected chi connectivity index (χ2v) is 5.69.